The largest absolute Gasteiger partial charge is 0.503 e. The van der Waals surface area contributed by atoms with Gasteiger partial charge in [0, 0.05) is 30.8 Å². The molecular formula is C18H18N2O5. The van der Waals surface area contributed by atoms with Crippen molar-refractivity contribution >= 4 is 11.7 Å². The molecule has 3 N–H and O–H groups in total. The Morgan fingerprint density at radius 2 is 2.12 bits per heavy atom. The van der Waals surface area contributed by atoms with E-state index in [0.29, 0.717) is 18.7 Å². The van der Waals surface area contributed by atoms with Gasteiger partial charge in [-0.1, -0.05) is 6.07 Å². The number of H-pyrrole nitrogens is 1. The number of hydrogen-bond acceptors (Lipinski definition) is 5. The number of fused-ring (bicyclic) bond motifs is 5. The van der Waals surface area contributed by atoms with Crippen LogP contribution in [0.2, 0.25) is 0 Å². The minimum Gasteiger partial charge on any atom is -0.503 e. The van der Waals surface area contributed by atoms with Crippen molar-refractivity contribution in [2.75, 3.05) is 24.6 Å². The van der Waals surface area contributed by atoms with E-state index in [-0.39, 0.29) is 5.75 Å². The van der Waals surface area contributed by atoms with E-state index in [2.05, 4.69) is 16.8 Å². The summed E-state index contributed by atoms with van der Waals surface area (Å²) in [7, 11) is 0. The Morgan fingerprint density at radius 3 is 2.84 bits per heavy atom. The van der Waals surface area contributed by atoms with E-state index in [4.69, 9.17) is 9.84 Å². The summed E-state index contributed by atoms with van der Waals surface area (Å²) in [6, 6.07) is 3.92. The van der Waals surface area contributed by atoms with Crippen molar-refractivity contribution in [3.8, 4) is 22.8 Å². The molecule has 0 amide bonds. The molecule has 7 nitrogen and oxygen atoms in total. The predicted octanol–water partition coefficient (Wildman–Crippen LogP) is 1.76. The van der Waals surface area contributed by atoms with Gasteiger partial charge >= 0.3 is 5.97 Å². The third kappa shape index (κ3) is 2.19. The molecular weight excluding hydrogens is 324 g/mol. The summed E-state index contributed by atoms with van der Waals surface area (Å²) >= 11 is 0. The zero-order valence-electron chi connectivity index (χ0n) is 13.8. The second-order valence-electron chi connectivity index (χ2n) is 6.20. The van der Waals surface area contributed by atoms with E-state index < -0.39 is 22.8 Å². The zero-order valence-corrected chi connectivity index (χ0v) is 13.8. The van der Waals surface area contributed by atoms with Crippen molar-refractivity contribution in [1.29, 1.82) is 0 Å². The number of carbonyl (C=O) groups is 1. The monoisotopic (exact) mass is 342 g/mol. The number of hydrogen-bond donors (Lipinski definition) is 3. The Kier molecular flexibility index (Phi) is 3.45. The predicted molar refractivity (Wildman–Crippen MR) is 91.9 cm³/mol. The first-order chi connectivity index (χ1) is 12.0. The number of pyridine rings is 1. The lowest BCUT2D eigenvalue weighted by molar-refractivity contribution is 0.0690. The van der Waals surface area contributed by atoms with Crippen molar-refractivity contribution in [2.45, 2.75) is 19.8 Å². The fraction of sp³-hybridized carbons (Fsp3) is 0.333. The third-order valence-corrected chi connectivity index (χ3v) is 4.99. The van der Waals surface area contributed by atoms with Gasteiger partial charge < -0.3 is 24.8 Å². The number of aromatic amines is 1. The molecule has 2 aliphatic rings. The molecule has 0 radical (unpaired) electrons. The summed E-state index contributed by atoms with van der Waals surface area (Å²) in [5.41, 5.74) is 3.12. The molecule has 130 valence electrons. The van der Waals surface area contributed by atoms with E-state index in [1.165, 1.54) is 11.3 Å². The Morgan fingerprint density at radius 1 is 1.32 bits per heavy atom. The van der Waals surface area contributed by atoms with Crippen LogP contribution in [-0.2, 0) is 12.8 Å². The van der Waals surface area contributed by atoms with Gasteiger partial charge in [-0.3, -0.25) is 4.79 Å². The highest BCUT2D eigenvalue weighted by molar-refractivity contribution is 5.93. The van der Waals surface area contributed by atoms with Gasteiger partial charge in [-0.15, -0.1) is 0 Å². The molecule has 0 unspecified atom stereocenters. The average Bonchev–Trinajstić information content (AvgIpc) is 2.90. The van der Waals surface area contributed by atoms with Gasteiger partial charge in [0.05, 0.1) is 12.3 Å². The number of nitrogens with one attached hydrogen (secondary N) is 1. The molecule has 2 aliphatic heterocycles. The van der Waals surface area contributed by atoms with E-state index in [0.717, 1.165) is 30.6 Å². The Balaban J connectivity index is 1.98. The summed E-state index contributed by atoms with van der Waals surface area (Å²) in [4.78, 5) is 28.3. The number of likely N-dealkylation sites (N-methyl/N-ethyl adjacent to an activating group) is 1. The van der Waals surface area contributed by atoms with Crippen LogP contribution in [0.25, 0.3) is 11.3 Å². The SMILES string of the molecule is CCN1CCc2c1ccc1c2CCOc2c-1[nH]c(=O)c(C(=O)O)c2O. The molecule has 1 aromatic carbocycles. The number of anilines is 1. The van der Waals surface area contributed by atoms with Gasteiger partial charge in [0.25, 0.3) is 5.56 Å². The lowest BCUT2D eigenvalue weighted by Crippen LogP contribution is -2.19. The average molecular weight is 342 g/mol. The maximum atomic E-state index is 12.1. The van der Waals surface area contributed by atoms with Gasteiger partial charge in [-0.2, -0.15) is 0 Å². The Hall–Kier alpha value is -2.96. The highest BCUT2D eigenvalue weighted by Gasteiger charge is 2.30. The standard InChI is InChI=1S/C18H18N2O5/c1-2-20-7-5-10-9-6-8-25-16-14(11(9)3-4-12(10)20)19-17(22)13(15(16)21)18(23)24/h3-4H,2,5-8H2,1H3,(H,23,24)(H2,19,21,22). The van der Waals surface area contributed by atoms with E-state index in [9.17, 15) is 14.7 Å². The first-order valence-corrected chi connectivity index (χ1v) is 8.28. The van der Waals surface area contributed by atoms with Crippen molar-refractivity contribution in [3.05, 3.63) is 39.2 Å². The Labute approximate surface area is 143 Å². The molecule has 0 atom stereocenters. The molecule has 4 rings (SSSR count). The normalized spacial score (nSPS) is 15.0. The number of aromatic hydroxyl groups is 1. The molecule has 7 heteroatoms. The molecule has 0 aliphatic carbocycles. The highest BCUT2D eigenvalue weighted by atomic mass is 16.5. The topological polar surface area (TPSA) is 103 Å². The number of nitrogens with zero attached hydrogens (tertiary/aromatic N) is 1. The third-order valence-electron chi connectivity index (χ3n) is 4.99. The van der Waals surface area contributed by atoms with Crippen LogP contribution in [0.4, 0.5) is 5.69 Å². The van der Waals surface area contributed by atoms with E-state index in [1.807, 2.05) is 12.1 Å². The second-order valence-corrected chi connectivity index (χ2v) is 6.20. The zero-order chi connectivity index (χ0) is 17.7. The maximum Gasteiger partial charge on any atom is 0.345 e. The summed E-state index contributed by atoms with van der Waals surface area (Å²) in [5, 5.41) is 19.4. The van der Waals surface area contributed by atoms with Crippen molar-refractivity contribution in [2.24, 2.45) is 0 Å². The van der Waals surface area contributed by atoms with Gasteiger partial charge in [-0.05, 0) is 30.5 Å². The minimum absolute atomic E-state index is 0.0287. The summed E-state index contributed by atoms with van der Waals surface area (Å²) in [6.45, 7) is 4.30. The van der Waals surface area contributed by atoms with Crippen molar-refractivity contribution in [1.82, 2.24) is 4.98 Å². The number of carboxylic acid groups (broad SMARTS) is 1. The van der Waals surface area contributed by atoms with Crippen LogP contribution in [0.15, 0.2) is 16.9 Å². The van der Waals surface area contributed by atoms with Gasteiger partial charge in [0.15, 0.2) is 17.1 Å². The maximum absolute atomic E-state index is 12.1. The second kappa shape index (κ2) is 5.54. The molecule has 0 saturated heterocycles. The molecule has 0 spiro atoms. The van der Waals surface area contributed by atoms with Crippen LogP contribution in [0.1, 0.15) is 28.4 Å². The summed E-state index contributed by atoms with van der Waals surface area (Å²) in [5.74, 6) is -2.07. The molecule has 3 heterocycles. The van der Waals surface area contributed by atoms with Gasteiger partial charge in [0.1, 0.15) is 0 Å². The van der Waals surface area contributed by atoms with Crippen LogP contribution in [0, 0.1) is 0 Å². The van der Waals surface area contributed by atoms with Crippen LogP contribution < -0.4 is 15.2 Å². The lowest BCUT2D eigenvalue weighted by atomic mass is 9.94. The summed E-state index contributed by atoms with van der Waals surface area (Å²) < 4.78 is 5.62. The fourth-order valence-corrected chi connectivity index (χ4v) is 3.83. The van der Waals surface area contributed by atoms with Gasteiger partial charge in [-0.25, -0.2) is 4.79 Å². The highest BCUT2D eigenvalue weighted by Crippen LogP contribution is 2.44. The smallest absolute Gasteiger partial charge is 0.345 e. The number of carboxylic acids is 1. The molecule has 0 saturated carbocycles. The van der Waals surface area contributed by atoms with Crippen LogP contribution in [-0.4, -0.2) is 40.9 Å². The van der Waals surface area contributed by atoms with Crippen molar-refractivity contribution < 1.29 is 19.7 Å². The molecule has 0 fully saturated rings. The lowest BCUT2D eigenvalue weighted by Gasteiger charge is -2.18. The number of aromatic carboxylic acids is 1. The van der Waals surface area contributed by atoms with Crippen molar-refractivity contribution in [3.63, 3.8) is 0 Å². The fourth-order valence-electron chi connectivity index (χ4n) is 3.83. The first kappa shape index (κ1) is 15.6. The van der Waals surface area contributed by atoms with E-state index >= 15 is 0 Å². The number of rotatable bonds is 2. The number of aromatic nitrogens is 1. The molecule has 25 heavy (non-hydrogen) atoms. The van der Waals surface area contributed by atoms with E-state index in [1.54, 1.807) is 0 Å². The first-order valence-electron chi connectivity index (χ1n) is 8.28. The molecule has 1 aromatic heterocycles. The molecule has 0 bridgehead atoms. The van der Waals surface area contributed by atoms with Crippen LogP contribution in [0.5, 0.6) is 11.5 Å². The number of ether oxygens (including phenoxy) is 1. The van der Waals surface area contributed by atoms with Crippen LogP contribution >= 0.6 is 0 Å². The number of benzene rings is 1. The quantitative estimate of drug-likeness (QED) is 0.768. The minimum atomic E-state index is -1.48. The molecule has 2 aromatic rings. The van der Waals surface area contributed by atoms with Gasteiger partial charge in [0.2, 0.25) is 0 Å². The van der Waals surface area contributed by atoms with Crippen LogP contribution in [0.3, 0.4) is 0 Å². The summed E-state index contributed by atoms with van der Waals surface area (Å²) in [6.07, 6.45) is 1.56. The Bertz CT molecular complexity index is 947.